The second-order valence-electron chi connectivity index (χ2n) is 8.81. The Morgan fingerprint density at radius 2 is 1.68 bits per heavy atom. The molecule has 31 heavy (non-hydrogen) atoms. The van der Waals surface area contributed by atoms with Gasteiger partial charge < -0.3 is 10.6 Å². The first-order chi connectivity index (χ1) is 14.9. The van der Waals surface area contributed by atoms with E-state index in [0.717, 1.165) is 48.9 Å². The van der Waals surface area contributed by atoms with Crippen LogP contribution in [0.1, 0.15) is 83.7 Å². The number of hydrogen-bond donors (Lipinski definition) is 2. The summed E-state index contributed by atoms with van der Waals surface area (Å²) >= 11 is 0. The quantitative estimate of drug-likeness (QED) is 0.625. The van der Waals surface area contributed by atoms with E-state index in [1.54, 1.807) is 18.2 Å². The fraction of sp³-hybridized carbons (Fsp3) is 0.400. The molecule has 0 bridgehead atoms. The Morgan fingerprint density at radius 1 is 0.968 bits per heavy atom. The lowest BCUT2D eigenvalue weighted by Crippen LogP contribution is -2.40. The maximum absolute atomic E-state index is 13.0. The summed E-state index contributed by atoms with van der Waals surface area (Å²) in [6.07, 6.45) is 4.98. The van der Waals surface area contributed by atoms with E-state index in [4.69, 9.17) is 0 Å². The van der Waals surface area contributed by atoms with E-state index in [0.29, 0.717) is 16.8 Å². The third-order valence-electron chi connectivity index (χ3n) is 6.28. The van der Waals surface area contributed by atoms with Crippen LogP contribution < -0.4 is 10.6 Å². The summed E-state index contributed by atoms with van der Waals surface area (Å²) in [6.45, 7) is 6.12. The molecule has 0 atom stereocenters. The third-order valence-corrected chi connectivity index (χ3v) is 6.28. The fourth-order valence-corrected chi connectivity index (χ4v) is 4.63. The molecular weight excluding hydrogens is 390 g/mol. The third kappa shape index (κ3) is 4.07. The fourth-order valence-electron chi connectivity index (χ4n) is 4.63. The summed E-state index contributed by atoms with van der Waals surface area (Å²) in [5.74, 6) is -0.203. The van der Waals surface area contributed by atoms with Crippen molar-refractivity contribution in [1.29, 1.82) is 0 Å². The van der Waals surface area contributed by atoms with Crippen molar-refractivity contribution < 1.29 is 14.4 Å². The number of nitrogens with zero attached hydrogens (tertiary/aromatic N) is 1. The van der Waals surface area contributed by atoms with Crippen LogP contribution in [0, 0.1) is 6.92 Å². The number of nitrogens with one attached hydrogen (secondary N) is 2. The van der Waals surface area contributed by atoms with E-state index in [1.807, 2.05) is 25.1 Å². The normalized spacial score (nSPS) is 16.6. The highest BCUT2D eigenvalue weighted by Crippen LogP contribution is 2.32. The zero-order chi connectivity index (χ0) is 22.1. The smallest absolute Gasteiger partial charge is 0.308 e. The summed E-state index contributed by atoms with van der Waals surface area (Å²) in [4.78, 5) is 39.9. The molecule has 0 saturated heterocycles. The van der Waals surface area contributed by atoms with Crippen LogP contribution in [-0.2, 0) is 0 Å². The predicted octanol–water partition coefficient (Wildman–Crippen LogP) is 5.69. The first kappa shape index (κ1) is 21.1. The number of anilines is 2. The Hall–Kier alpha value is -3.15. The molecular formula is C25H29N3O3. The predicted molar refractivity (Wildman–Crippen MR) is 122 cm³/mol. The van der Waals surface area contributed by atoms with Gasteiger partial charge in [0.25, 0.3) is 11.8 Å². The summed E-state index contributed by atoms with van der Waals surface area (Å²) < 4.78 is 0. The molecule has 1 heterocycles. The van der Waals surface area contributed by atoms with E-state index in [9.17, 15) is 14.4 Å². The Kier molecular flexibility index (Phi) is 5.81. The van der Waals surface area contributed by atoms with Crippen molar-refractivity contribution in [3.8, 4) is 0 Å². The number of fused-ring (bicyclic) bond motifs is 1. The van der Waals surface area contributed by atoms with E-state index < -0.39 is 0 Å². The lowest BCUT2D eigenvalue weighted by Gasteiger charge is -2.29. The molecule has 4 rings (SSSR count). The number of urea groups is 1. The molecule has 6 heteroatoms. The summed E-state index contributed by atoms with van der Waals surface area (Å²) in [6, 6.07) is 10.5. The topological polar surface area (TPSA) is 78.5 Å². The van der Waals surface area contributed by atoms with Crippen molar-refractivity contribution in [1.82, 2.24) is 4.90 Å². The van der Waals surface area contributed by atoms with Crippen LogP contribution >= 0.6 is 0 Å². The van der Waals surface area contributed by atoms with Gasteiger partial charge in [-0.15, -0.1) is 0 Å². The van der Waals surface area contributed by atoms with Crippen molar-refractivity contribution in [2.45, 2.75) is 64.8 Å². The molecule has 162 valence electrons. The van der Waals surface area contributed by atoms with Gasteiger partial charge in [-0.3, -0.25) is 14.5 Å². The molecule has 2 aliphatic rings. The van der Waals surface area contributed by atoms with Gasteiger partial charge in [0.15, 0.2) is 0 Å². The lowest BCUT2D eigenvalue weighted by atomic mass is 9.94. The average Bonchev–Trinajstić information content (AvgIpc) is 2.99. The van der Waals surface area contributed by atoms with Gasteiger partial charge in [-0.25, -0.2) is 4.79 Å². The molecule has 4 amide bonds. The van der Waals surface area contributed by atoms with Gasteiger partial charge in [0.2, 0.25) is 0 Å². The Labute approximate surface area is 183 Å². The molecule has 1 aliphatic carbocycles. The van der Waals surface area contributed by atoms with Gasteiger partial charge in [-0.1, -0.05) is 51.3 Å². The number of carbonyl (C=O) groups excluding carboxylic acids is 3. The summed E-state index contributed by atoms with van der Waals surface area (Å²) in [7, 11) is 0. The molecule has 6 nitrogen and oxygen atoms in total. The van der Waals surface area contributed by atoms with Crippen LogP contribution in [0.2, 0.25) is 0 Å². The van der Waals surface area contributed by atoms with Crippen LogP contribution in [0.25, 0.3) is 0 Å². The number of benzene rings is 2. The molecule has 2 N–H and O–H groups in total. The SMILES string of the molecule is Cc1cccc(C(C)C)c1NC(=O)Nc1ccc2c(c1)C(=O)N(C1CCCCC1)C2=O. The van der Waals surface area contributed by atoms with E-state index >= 15 is 0 Å². The van der Waals surface area contributed by atoms with Crippen molar-refractivity contribution in [3.63, 3.8) is 0 Å². The zero-order valence-electron chi connectivity index (χ0n) is 18.3. The van der Waals surface area contributed by atoms with Gasteiger partial charge in [0, 0.05) is 17.4 Å². The molecule has 0 radical (unpaired) electrons. The number of hydrogen-bond acceptors (Lipinski definition) is 3. The summed E-state index contributed by atoms with van der Waals surface area (Å²) in [5, 5.41) is 5.76. The molecule has 0 spiro atoms. The summed E-state index contributed by atoms with van der Waals surface area (Å²) in [5.41, 5.74) is 4.12. The maximum atomic E-state index is 13.0. The number of carbonyl (C=O) groups is 3. The minimum atomic E-state index is -0.378. The van der Waals surface area contributed by atoms with Crippen LogP contribution in [0.4, 0.5) is 16.2 Å². The molecule has 2 aromatic carbocycles. The lowest BCUT2D eigenvalue weighted by molar-refractivity contribution is 0.0549. The molecule has 1 saturated carbocycles. The average molecular weight is 420 g/mol. The standard InChI is InChI=1S/C25H29N3O3/c1-15(2)19-11-7-8-16(3)22(19)27-25(31)26-17-12-13-20-21(14-17)24(30)28(23(20)29)18-9-5-4-6-10-18/h7-8,11-15,18H,4-6,9-10H2,1-3H3,(H2,26,27,31). The van der Waals surface area contributed by atoms with E-state index in [-0.39, 0.29) is 29.8 Å². The highest BCUT2D eigenvalue weighted by molar-refractivity contribution is 6.22. The van der Waals surface area contributed by atoms with Crippen LogP contribution in [0.3, 0.4) is 0 Å². The monoisotopic (exact) mass is 419 g/mol. The molecule has 1 aliphatic heterocycles. The van der Waals surface area contributed by atoms with E-state index in [1.165, 1.54) is 4.90 Å². The highest BCUT2D eigenvalue weighted by atomic mass is 16.2. The Balaban J connectivity index is 1.51. The van der Waals surface area contributed by atoms with Crippen molar-refractivity contribution in [2.24, 2.45) is 0 Å². The van der Waals surface area contributed by atoms with Crippen molar-refractivity contribution in [3.05, 3.63) is 58.7 Å². The minimum Gasteiger partial charge on any atom is -0.308 e. The minimum absolute atomic E-state index is 0.0173. The van der Waals surface area contributed by atoms with Gasteiger partial charge in [0.1, 0.15) is 0 Å². The molecule has 0 unspecified atom stereocenters. The van der Waals surface area contributed by atoms with E-state index in [2.05, 4.69) is 24.5 Å². The second kappa shape index (κ2) is 8.53. The Bertz CT molecular complexity index is 1040. The number of amides is 4. The molecule has 0 aromatic heterocycles. The second-order valence-corrected chi connectivity index (χ2v) is 8.81. The van der Waals surface area contributed by atoms with Crippen LogP contribution in [0.15, 0.2) is 36.4 Å². The van der Waals surface area contributed by atoms with Crippen molar-refractivity contribution in [2.75, 3.05) is 10.6 Å². The first-order valence-electron chi connectivity index (χ1n) is 11.1. The van der Waals surface area contributed by atoms with Crippen LogP contribution in [-0.4, -0.2) is 28.8 Å². The molecule has 1 fully saturated rings. The zero-order valence-corrected chi connectivity index (χ0v) is 18.3. The van der Waals surface area contributed by atoms with Crippen molar-refractivity contribution >= 4 is 29.2 Å². The number of aryl methyl sites for hydroxylation is 1. The number of rotatable bonds is 4. The highest BCUT2D eigenvalue weighted by Gasteiger charge is 2.40. The largest absolute Gasteiger partial charge is 0.323 e. The van der Waals surface area contributed by atoms with Gasteiger partial charge in [0.05, 0.1) is 11.1 Å². The molecule has 2 aromatic rings. The van der Waals surface area contributed by atoms with Gasteiger partial charge in [-0.2, -0.15) is 0 Å². The maximum Gasteiger partial charge on any atom is 0.323 e. The number of imide groups is 1. The first-order valence-corrected chi connectivity index (χ1v) is 11.1. The van der Waals surface area contributed by atoms with Crippen LogP contribution in [0.5, 0.6) is 0 Å². The van der Waals surface area contributed by atoms with Gasteiger partial charge in [-0.05, 0) is 55.0 Å². The Morgan fingerprint density at radius 3 is 2.39 bits per heavy atom. The van der Waals surface area contributed by atoms with Gasteiger partial charge >= 0.3 is 6.03 Å². The number of para-hydroxylation sites is 1.